The number of benzene rings is 1. The molecule has 2 aromatic rings. The second kappa shape index (κ2) is 5.47. The van der Waals surface area contributed by atoms with Crippen molar-refractivity contribution >= 4 is 35.0 Å². The van der Waals surface area contributed by atoms with Gasteiger partial charge in [0.1, 0.15) is 5.82 Å². The first kappa shape index (κ1) is 13.6. The Morgan fingerprint density at radius 3 is 2.74 bits per heavy atom. The number of halogens is 2. The van der Waals surface area contributed by atoms with Crippen LogP contribution in [0.25, 0.3) is 11.1 Å². The number of hydrogen-bond donors (Lipinski definition) is 1. The van der Waals surface area contributed by atoms with Gasteiger partial charge in [-0.1, -0.05) is 23.2 Å². The first-order valence-corrected chi connectivity index (χ1v) is 6.08. The summed E-state index contributed by atoms with van der Waals surface area (Å²) in [7, 11) is 1.29. The molecule has 2 rings (SSSR count). The third-order valence-electron chi connectivity index (χ3n) is 2.58. The number of pyridine rings is 1. The highest BCUT2D eigenvalue weighted by molar-refractivity contribution is 6.35. The topological polar surface area (TPSA) is 65.2 Å². The van der Waals surface area contributed by atoms with Crippen LogP contribution in [0.4, 0.5) is 5.82 Å². The minimum atomic E-state index is -0.514. The Labute approximate surface area is 120 Å². The Bertz CT molecular complexity index is 645. The molecule has 0 fully saturated rings. The van der Waals surface area contributed by atoms with Crippen LogP contribution in [0, 0.1) is 0 Å². The molecule has 1 aromatic heterocycles. The SMILES string of the molecule is COC(=O)c1ccnc(N)c1-c1cc(Cl)ccc1Cl. The van der Waals surface area contributed by atoms with Gasteiger partial charge in [0.15, 0.2) is 0 Å². The lowest BCUT2D eigenvalue weighted by atomic mass is 10.0. The van der Waals surface area contributed by atoms with Crippen LogP contribution in [-0.2, 0) is 4.74 Å². The second-order valence-corrected chi connectivity index (χ2v) is 4.58. The summed E-state index contributed by atoms with van der Waals surface area (Å²) in [6.07, 6.45) is 1.43. The van der Waals surface area contributed by atoms with Gasteiger partial charge < -0.3 is 10.5 Å². The summed E-state index contributed by atoms with van der Waals surface area (Å²) in [5.74, 6) is -0.327. The minimum absolute atomic E-state index is 0.187. The predicted octanol–water partition coefficient (Wildman–Crippen LogP) is 3.42. The van der Waals surface area contributed by atoms with Crippen LogP contribution in [0.15, 0.2) is 30.5 Å². The number of methoxy groups -OCH3 is 1. The molecule has 2 N–H and O–H groups in total. The first-order chi connectivity index (χ1) is 9.04. The van der Waals surface area contributed by atoms with Crippen molar-refractivity contribution in [2.45, 2.75) is 0 Å². The monoisotopic (exact) mass is 296 g/mol. The number of rotatable bonds is 2. The van der Waals surface area contributed by atoms with E-state index in [1.807, 2.05) is 0 Å². The summed E-state index contributed by atoms with van der Waals surface area (Å²) in [5, 5.41) is 0.910. The number of carbonyl (C=O) groups excluding carboxylic acids is 1. The standard InChI is InChI=1S/C13H10Cl2N2O2/c1-19-13(18)8-4-5-17-12(16)11(8)9-6-7(14)2-3-10(9)15/h2-6H,1H3,(H2,16,17). The van der Waals surface area contributed by atoms with Gasteiger partial charge >= 0.3 is 5.97 Å². The fourth-order valence-electron chi connectivity index (χ4n) is 1.73. The van der Waals surface area contributed by atoms with E-state index in [9.17, 15) is 4.79 Å². The summed E-state index contributed by atoms with van der Waals surface area (Å²) < 4.78 is 4.73. The number of esters is 1. The van der Waals surface area contributed by atoms with Gasteiger partial charge in [-0.05, 0) is 24.3 Å². The molecule has 4 nitrogen and oxygen atoms in total. The quantitative estimate of drug-likeness (QED) is 0.862. The first-order valence-electron chi connectivity index (χ1n) is 5.32. The smallest absolute Gasteiger partial charge is 0.338 e. The molecule has 6 heteroatoms. The second-order valence-electron chi connectivity index (χ2n) is 3.73. The molecule has 0 saturated heterocycles. The fraction of sp³-hybridized carbons (Fsp3) is 0.0769. The highest BCUT2D eigenvalue weighted by atomic mass is 35.5. The summed E-state index contributed by atoms with van der Waals surface area (Å²) in [5.41, 5.74) is 7.10. The number of nitrogens with two attached hydrogens (primary N) is 1. The lowest BCUT2D eigenvalue weighted by Gasteiger charge is -2.12. The van der Waals surface area contributed by atoms with Crippen molar-refractivity contribution in [3.63, 3.8) is 0 Å². The summed E-state index contributed by atoms with van der Waals surface area (Å²) in [6.45, 7) is 0. The molecule has 0 radical (unpaired) electrons. The summed E-state index contributed by atoms with van der Waals surface area (Å²) in [4.78, 5) is 15.7. The van der Waals surface area contributed by atoms with E-state index in [0.29, 0.717) is 26.7 Å². The zero-order valence-corrected chi connectivity index (χ0v) is 11.5. The van der Waals surface area contributed by atoms with Gasteiger partial charge in [-0.2, -0.15) is 0 Å². The van der Waals surface area contributed by atoms with Crippen LogP contribution in [0.3, 0.4) is 0 Å². The Hall–Kier alpha value is -1.78. The molecule has 0 unspecified atom stereocenters. The zero-order valence-electron chi connectivity index (χ0n) is 9.98. The largest absolute Gasteiger partial charge is 0.465 e. The third kappa shape index (κ3) is 2.64. The lowest BCUT2D eigenvalue weighted by molar-refractivity contribution is 0.0601. The fourth-order valence-corrected chi connectivity index (χ4v) is 2.11. The molecule has 19 heavy (non-hydrogen) atoms. The van der Waals surface area contributed by atoms with Gasteiger partial charge in [-0.15, -0.1) is 0 Å². The highest BCUT2D eigenvalue weighted by Crippen LogP contribution is 2.35. The molecule has 0 saturated carbocycles. The Balaban J connectivity index is 2.74. The average Bonchev–Trinajstić information content (AvgIpc) is 2.40. The van der Waals surface area contributed by atoms with Crippen LogP contribution in [0.2, 0.25) is 10.0 Å². The molecule has 0 bridgehead atoms. The molecule has 0 spiro atoms. The van der Waals surface area contributed by atoms with E-state index < -0.39 is 5.97 Å². The summed E-state index contributed by atoms with van der Waals surface area (Å²) in [6, 6.07) is 6.43. The molecule has 0 atom stereocenters. The van der Waals surface area contributed by atoms with Crippen molar-refractivity contribution < 1.29 is 9.53 Å². The van der Waals surface area contributed by atoms with Crippen LogP contribution in [0.5, 0.6) is 0 Å². The maximum Gasteiger partial charge on any atom is 0.338 e. The molecule has 0 aliphatic carbocycles. The van der Waals surface area contributed by atoms with E-state index >= 15 is 0 Å². The Kier molecular flexibility index (Phi) is 3.93. The van der Waals surface area contributed by atoms with Crippen molar-refractivity contribution in [2.24, 2.45) is 0 Å². The minimum Gasteiger partial charge on any atom is -0.465 e. The van der Waals surface area contributed by atoms with Crippen molar-refractivity contribution in [1.82, 2.24) is 4.98 Å². The Morgan fingerprint density at radius 2 is 2.05 bits per heavy atom. The van der Waals surface area contributed by atoms with E-state index in [2.05, 4.69) is 4.98 Å². The van der Waals surface area contributed by atoms with Crippen LogP contribution in [0.1, 0.15) is 10.4 Å². The third-order valence-corrected chi connectivity index (χ3v) is 3.15. The maximum atomic E-state index is 11.8. The van der Waals surface area contributed by atoms with E-state index in [0.717, 1.165) is 0 Å². The van der Waals surface area contributed by atoms with Gasteiger partial charge in [0.2, 0.25) is 0 Å². The van der Waals surface area contributed by atoms with E-state index in [4.69, 9.17) is 33.7 Å². The number of carbonyl (C=O) groups is 1. The van der Waals surface area contributed by atoms with Gasteiger partial charge in [-0.25, -0.2) is 9.78 Å². The van der Waals surface area contributed by atoms with E-state index in [1.54, 1.807) is 18.2 Å². The number of nitrogens with zero attached hydrogens (tertiary/aromatic N) is 1. The number of aromatic nitrogens is 1. The normalized spacial score (nSPS) is 10.3. The Morgan fingerprint density at radius 1 is 1.32 bits per heavy atom. The summed E-state index contributed by atoms with van der Waals surface area (Å²) >= 11 is 12.1. The van der Waals surface area contributed by atoms with Crippen LogP contribution in [-0.4, -0.2) is 18.1 Å². The number of hydrogen-bond acceptors (Lipinski definition) is 4. The highest BCUT2D eigenvalue weighted by Gasteiger charge is 2.19. The molecule has 1 aromatic carbocycles. The van der Waals surface area contributed by atoms with Gasteiger partial charge in [0.05, 0.1) is 12.7 Å². The van der Waals surface area contributed by atoms with Crippen LogP contribution < -0.4 is 5.73 Å². The lowest BCUT2D eigenvalue weighted by Crippen LogP contribution is -2.07. The van der Waals surface area contributed by atoms with Gasteiger partial charge in [-0.3, -0.25) is 0 Å². The van der Waals surface area contributed by atoms with Crippen molar-refractivity contribution in [2.75, 3.05) is 12.8 Å². The number of ether oxygens (including phenoxy) is 1. The van der Waals surface area contributed by atoms with Crippen molar-refractivity contribution in [3.05, 3.63) is 46.1 Å². The van der Waals surface area contributed by atoms with Crippen molar-refractivity contribution in [3.8, 4) is 11.1 Å². The molecular weight excluding hydrogens is 287 g/mol. The maximum absolute atomic E-state index is 11.8. The number of anilines is 1. The van der Waals surface area contributed by atoms with E-state index in [1.165, 1.54) is 19.4 Å². The molecule has 0 amide bonds. The predicted molar refractivity (Wildman–Crippen MR) is 75.4 cm³/mol. The van der Waals surface area contributed by atoms with Gasteiger partial charge in [0.25, 0.3) is 0 Å². The van der Waals surface area contributed by atoms with Crippen LogP contribution >= 0.6 is 23.2 Å². The molecule has 0 aliphatic rings. The van der Waals surface area contributed by atoms with E-state index in [-0.39, 0.29) is 5.82 Å². The molecular formula is C13H10Cl2N2O2. The number of nitrogen functional groups attached to an aromatic ring is 1. The van der Waals surface area contributed by atoms with Gasteiger partial charge in [0, 0.05) is 27.4 Å². The zero-order chi connectivity index (χ0) is 14.0. The van der Waals surface area contributed by atoms with Crippen molar-refractivity contribution in [1.29, 1.82) is 0 Å². The molecule has 98 valence electrons. The average molecular weight is 297 g/mol. The molecule has 1 heterocycles. The molecule has 0 aliphatic heterocycles.